The van der Waals surface area contributed by atoms with Crippen LogP contribution in [0.5, 0.6) is 0 Å². The molecule has 0 fully saturated rings. The Morgan fingerprint density at radius 2 is 1.19 bits per heavy atom. The van der Waals surface area contributed by atoms with Crippen LogP contribution in [0.3, 0.4) is 0 Å². The summed E-state index contributed by atoms with van der Waals surface area (Å²) in [7, 11) is -4.31. The molecular weight excluding hydrogens is 287 g/mol. The Hall–Kier alpha value is 0.110. The lowest BCUT2D eigenvalue weighted by Crippen LogP contribution is -2.05. The van der Waals surface area contributed by atoms with Crippen molar-refractivity contribution in [3.8, 4) is 0 Å². The van der Waals surface area contributed by atoms with E-state index in [0.717, 1.165) is 19.3 Å². The summed E-state index contributed by atoms with van der Waals surface area (Å²) in [6.07, 6.45) is 15.9. The first-order chi connectivity index (χ1) is 9.95. The van der Waals surface area contributed by atoms with Gasteiger partial charge in [-0.3, -0.25) is 4.52 Å². The molecule has 0 saturated heterocycles. The van der Waals surface area contributed by atoms with Crippen LogP contribution in [0, 0.1) is 0 Å². The van der Waals surface area contributed by atoms with Crippen molar-refractivity contribution in [1.82, 2.24) is 0 Å². The molecule has 1 atom stereocenters. The maximum atomic E-state index is 10.6. The van der Waals surface area contributed by atoms with Crippen LogP contribution in [0.25, 0.3) is 0 Å². The van der Waals surface area contributed by atoms with Crippen molar-refractivity contribution in [1.29, 1.82) is 0 Å². The Labute approximate surface area is 130 Å². The Morgan fingerprint density at radius 3 is 1.57 bits per heavy atom. The van der Waals surface area contributed by atoms with Gasteiger partial charge in [0.2, 0.25) is 0 Å². The van der Waals surface area contributed by atoms with Crippen molar-refractivity contribution >= 4 is 7.82 Å². The first-order valence-corrected chi connectivity index (χ1v) is 10.2. The summed E-state index contributed by atoms with van der Waals surface area (Å²) in [5, 5.41) is 0. The Bertz CT molecular complexity index is 265. The van der Waals surface area contributed by atoms with Crippen molar-refractivity contribution < 1.29 is 18.9 Å². The first-order valence-electron chi connectivity index (χ1n) is 8.69. The number of rotatable bonds is 15. The summed E-state index contributed by atoms with van der Waals surface area (Å²) >= 11 is 0. The molecule has 0 aromatic heterocycles. The third-order valence-electron chi connectivity index (χ3n) is 3.78. The van der Waals surface area contributed by atoms with Crippen molar-refractivity contribution in [2.24, 2.45) is 0 Å². The maximum absolute atomic E-state index is 10.6. The quantitative estimate of drug-likeness (QED) is 0.305. The number of phosphoric ester groups is 1. The third kappa shape index (κ3) is 18.1. The molecule has 0 aliphatic carbocycles. The molecule has 0 aromatic carbocycles. The lowest BCUT2D eigenvalue weighted by atomic mass is 10.0. The lowest BCUT2D eigenvalue weighted by molar-refractivity contribution is 0.136. The zero-order valence-electron chi connectivity index (χ0n) is 13.9. The second-order valence-electron chi connectivity index (χ2n) is 6.08. The van der Waals surface area contributed by atoms with Crippen LogP contribution in [0.2, 0.25) is 0 Å². The van der Waals surface area contributed by atoms with Gasteiger partial charge >= 0.3 is 7.82 Å². The zero-order chi connectivity index (χ0) is 16.0. The summed E-state index contributed by atoms with van der Waals surface area (Å²) < 4.78 is 15.2. The zero-order valence-corrected chi connectivity index (χ0v) is 14.8. The molecule has 0 bridgehead atoms. The second-order valence-corrected chi connectivity index (χ2v) is 7.28. The first kappa shape index (κ1) is 21.1. The van der Waals surface area contributed by atoms with E-state index in [1.54, 1.807) is 6.92 Å². The third-order valence-corrected chi connectivity index (χ3v) is 4.42. The van der Waals surface area contributed by atoms with Gasteiger partial charge in [0, 0.05) is 0 Å². The molecule has 0 amide bonds. The van der Waals surface area contributed by atoms with Gasteiger partial charge in [0.1, 0.15) is 0 Å². The highest BCUT2D eigenvalue weighted by Crippen LogP contribution is 2.38. The van der Waals surface area contributed by atoms with Gasteiger partial charge in [-0.15, -0.1) is 0 Å². The van der Waals surface area contributed by atoms with Gasteiger partial charge in [-0.1, -0.05) is 84.0 Å². The molecule has 0 saturated carbocycles. The van der Waals surface area contributed by atoms with Crippen LogP contribution < -0.4 is 0 Å². The molecule has 128 valence electrons. The lowest BCUT2D eigenvalue weighted by Gasteiger charge is -2.13. The fraction of sp³-hybridized carbons (Fsp3) is 1.00. The number of hydrogen-bond acceptors (Lipinski definition) is 2. The molecule has 21 heavy (non-hydrogen) atoms. The van der Waals surface area contributed by atoms with Gasteiger partial charge in [0.15, 0.2) is 0 Å². The monoisotopic (exact) mass is 322 g/mol. The normalized spacial score (nSPS) is 13.5. The SMILES string of the molecule is CCCCCCCCCCCCCCC(C)OP(=O)(O)O. The highest BCUT2D eigenvalue weighted by Gasteiger charge is 2.18. The van der Waals surface area contributed by atoms with E-state index in [4.69, 9.17) is 9.79 Å². The summed E-state index contributed by atoms with van der Waals surface area (Å²) in [4.78, 5) is 17.3. The summed E-state index contributed by atoms with van der Waals surface area (Å²) in [6.45, 7) is 3.97. The molecular formula is C16H35O4P. The van der Waals surface area contributed by atoms with E-state index in [0.29, 0.717) is 0 Å². The predicted molar refractivity (Wildman–Crippen MR) is 88.3 cm³/mol. The summed E-state index contributed by atoms with van der Waals surface area (Å²) in [6, 6.07) is 0. The molecule has 0 radical (unpaired) electrons. The highest BCUT2D eigenvalue weighted by atomic mass is 31.2. The van der Waals surface area contributed by atoms with E-state index in [9.17, 15) is 4.57 Å². The van der Waals surface area contributed by atoms with Crippen LogP contribution in [0.1, 0.15) is 97.3 Å². The van der Waals surface area contributed by atoms with Crippen LogP contribution >= 0.6 is 7.82 Å². The van der Waals surface area contributed by atoms with E-state index in [1.807, 2.05) is 0 Å². The number of unbranched alkanes of at least 4 members (excludes halogenated alkanes) is 11. The minimum atomic E-state index is -4.31. The Kier molecular flexibility index (Phi) is 13.8. The van der Waals surface area contributed by atoms with Crippen LogP contribution in [0.15, 0.2) is 0 Å². The summed E-state index contributed by atoms with van der Waals surface area (Å²) in [5.74, 6) is 0. The van der Waals surface area contributed by atoms with Gasteiger partial charge in [-0.05, 0) is 13.3 Å². The van der Waals surface area contributed by atoms with Crippen molar-refractivity contribution in [2.75, 3.05) is 0 Å². The van der Waals surface area contributed by atoms with E-state index >= 15 is 0 Å². The Balaban J connectivity index is 3.17. The average Bonchev–Trinajstić information content (AvgIpc) is 2.38. The second kappa shape index (κ2) is 13.8. The van der Waals surface area contributed by atoms with Crippen molar-refractivity contribution in [3.05, 3.63) is 0 Å². The van der Waals surface area contributed by atoms with E-state index in [1.165, 1.54) is 64.2 Å². The molecule has 0 rings (SSSR count). The fourth-order valence-corrected chi connectivity index (χ4v) is 3.13. The Morgan fingerprint density at radius 1 is 0.810 bits per heavy atom. The standard InChI is InChI=1S/C16H35O4P/c1-3-4-5-6-7-8-9-10-11-12-13-14-15-16(2)20-21(17,18)19/h16H,3-15H2,1-2H3,(H2,17,18,19). The van der Waals surface area contributed by atoms with Gasteiger partial charge in [-0.2, -0.15) is 0 Å². The largest absolute Gasteiger partial charge is 0.469 e. The maximum Gasteiger partial charge on any atom is 0.469 e. The number of phosphoric acid groups is 1. The molecule has 2 N–H and O–H groups in total. The molecule has 0 spiro atoms. The highest BCUT2D eigenvalue weighted by molar-refractivity contribution is 7.46. The smallest absolute Gasteiger partial charge is 0.303 e. The molecule has 0 aliphatic rings. The topological polar surface area (TPSA) is 66.8 Å². The molecule has 1 unspecified atom stereocenters. The van der Waals surface area contributed by atoms with Gasteiger partial charge < -0.3 is 9.79 Å². The van der Waals surface area contributed by atoms with Gasteiger partial charge in [0.05, 0.1) is 6.10 Å². The van der Waals surface area contributed by atoms with Crippen molar-refractivity contribution in [3.63, 3.8) is 0 Å². The molecule has 0 heterocycles. The average molecular weight is 322 g/mol. The fourth-order valence-electron chi connectivity index (χ4n) is 2.56. The van der Waals surface area contributed by atoms with Gasteiger partial charge in [-0.25, -0.2) is 4.57 Å². The molecule has 0 aromatic rings. The van der Waals surface area contributed by atoms with E-state index in [-0.39, 0.29) is 6.10 Å². The predicted octanol–water partition coefficient (Wildman–Crippen LogP) is 5.58. The van der Waals surface area contributed by atoms with Crippen LogP contribution in [-0.2, 0) is 9.09 Å². The molecule has 4 nitrogen and oxygen atoms in total. The van der Waals surface area contributed by atoms with Crippen LogP contribution in [0.4, 0.5) is 0 Å². The number of hydrogen-bond donors (Lipinski definition) is 2. The van der Waals surface area contributed by atoms with Crippen molar-refractivity contribution in [2.45, 2.75) is 103 Å². The van der Waals surface area contributed by atoms with E-state index < -0.39 is 7.82 Å². The van der Waals surface area contributed by atoms with Crippen LogP contribution in [-0.4, -0.2) is 15.9 Å². The summed E-state index contributed by atoms with van der Waals surface area (Å²) in [5.41, 5.74) is 0. The van der Waals surface area contributed by atoms with Gasteiger partial charge in [0.25, 0.3) is 0 Å². The minimum Gasteiger partial charge on any atom is -0.303 e. The minimum absolute atomic E-state index is 0.353. The molecule has 5 heteroatoms. The van der Waals surface area contributed by atoms with E-state index in [2.05, 4.69) is 11.4 Å². The molecule has 0 aliphatic heterocycles.